The van der Waals surface area contributed by atoms with E-state index in [4.69, 9.17) is 5.11 Å². The Kier molecular flexibility index (Phi) is 3.34. The minimum atomic E-state index is -4.07. The van der Waals surface area contributed by atoms with E-state index in [-0.39, 0.29) is 24.8 Å². The minimum absolute atomic E-state index is 0.157. The number of carbonyl (C=O) groups is 1. The van der Waals surface area contributed by atoms with Gasteiger partial charge in [0.25, 0.3) is 0 Å². The third-order valence-corrected chi connectivity index (χ3v) is 3.94. The van der Waals surface area contributed by atoms with Crippen LogP contribution in [0.4, 0.5) is 13.2 Å². The van der Waals surface area contributed by atoms with E-state index in [9.17, 15) is 18.0 Å². The molecule has 2 fully saturated rings. The van der Waals surface area contributed by atoms with Crippen LogP contribution in [0.25, 0.3) is 0 Å². The van der Waals surface area contributed by atoms with Crippen LogP contribution >= 0.6 is 0 Å². The van der Waals surface area contributed by atoms with Crippen molar-refractivity contribution in [2.75, 3.05) is 13.1 Å². The van der Waals surface area contributed by atoms with E-state index in [2.05, 4.69) is 0 Å². The van der Waals surface area contributed by atoms with E-state index in [1.165, 1.54) is 0 Å². The Bertz CT molecular complexity index is 292. The van der Waals surface area contributed by atoms with Crippen molar-refractivity contribution in [2.45, 2.75) is 37.9 Å². The van der Waals surface area contributed by atoms with Crippen LogP contribution in [0.3, 0.4) is 0 Å². The maximum Gasteiger partial charge on any atom is 0.391 e. The molecule has 1 aliphatic heterocycles. The molecule has 1 saturated carbocycles. The first-order chi connectivity index (χ1) is 7.88. The van der Waals surface area contributed by atoms with E-state index >= 15 is 0 Å². The van der Waals surface area contributed by atoms with Gasteiger partial charge in [0.15, 0.2) is 0 Å². The van der Waals surface area contributed by atoms with Gasteiger partial charge in [-0.25, -0.2) is 0 Å². The Labute approximate surface area is 97.6 Å². The highest BCUT2D eigenvalue weighted by Crippen LogP contribution is 2.39. The molecule has 1 aliphatic carbocycles. The monoisotopic (exact) mass is 251 g/mol. The molecule has 1 heterocycles. The summed E-state index contributed by atoms with van der Waals surface area (Å²) in [7, 11) is 0. The van der Waals surface area contributed by atoms with Gasteiger partial charge in [-0.15, -0.1) is 0 Å². The van der Waals surface area contributed by atoms with Crippen LogP contribution in [-0.4, -0.2) is 41.3 Å². The predicted molar refractivity (Wildman–Crippen MR) is 54.5 cm³/mol. The quantitative estimate of drug-likeness (QED) is 0.817. The Balaban J connectivity index is 1.76. The molecule has 0 atom stereocenters. The van der Waals surface area contributed by atoms with Crippen molar-refractivity contribution in [3.63, 3.8) is 0 Å². The van der Waals surface area contributed by atoms with Crippen LogP contribution in [0.5, 0.6) is 0 Å². The van der Waals surface area contributed by atoms with Crippen LogP contribution in [0.2, 0.25) is 0 Å². The molecule has 2 rings (SSSR count). The van der Waals surface area contributed by atoms with Crippen molar-refractivity contribution in [3.8, 4) is 0 Å². The zero-order valence-corrected chi connectivity index (χ0v) is 9.41. The molecule has 0 radical (unpaired) electrons. The number of carboxylic acid groups (broad SMARTS) is 1. The topological polar surface area (TPSA) is 40.5 Å². The van der Waals surface area contributed by atoms with Crippen molar-refractivity contribution >= 4 is 5.97 Å². The summed E-state index contributed by atoms with van der Waals surface area (Å²) in [6.07, 6.45) is -2.62. The third kappa shape index (κ3) is 2.73. The molecule has 0 aromatic rings. The molecule has 98 valence electrons. The van der Waals surface area contributed by atoms with Crippen molar-refractivity contribution in [3.05, 3.63) is 0 Å². The number of carboxylic acids is 1. The molecular weight excluding hydrogens is 235 g/mol. The molecule has 2 aliphatic rings. The Hall–Kier alpha value is -0.780. The van der Waals surface area contributed by atoms with Gasteiger partial charge >= 0.3 is 12.1 Å². The van der Waals surface area contributed by atoms with Crippen LogP contribution in [0, 0.1) is 11.8 Å². The molecule has 17 heavy (non-hydrogen) atoms. The van der Waals surface area contributed by atoms with Gasteiger partial charge < -0.3 is 5.11 Å². The van der Waals surface area contributed by atoms with E-state index in [1.54, 1.807) is 0 Å². The molecule has 0 aromatic carbocycles. The minimum Gasteiger partial charge on any atom is -0.481 e. The average Bonchev–Trinajstić information content (AvgIpc) is 2.14. The number of rotatable bonds is 2. The van der Waals surface area contributed by atoms with Gasteiger partial charge in [-0.2, -0.15) is 13.2 Å². The standard InChI is InChI=1S/C11H16F3NO2/c12-11(13,14)8-1-3-9(4-2-8)15-5-7(6-15)10(16)17/h7-9H,1-6H2,(H,16,17). The van der Waals surface area contributed by atoms with Crippen molar-refractivity contribution in [1.82, 2.24) is 4.90 Å². The first-order valence-electron chi connectivity index (χ1n) is 5.91. The van der Waals surface area contributed by atoms with Gasteiger partial charge in [0.2, 0.25) is 0 Å². The van der Waals surface area contributed by atoms with Gasteiger partial charge in [-0.05, 0) is 25.7 Å². The zero-order valence-electron chi connectivity index (χ0n) is 9.41. The normalized spacial score (nSPS) is 32.2. The number of hydrogen-bond donors (Lipinski definition) is 1. The molecule has 0 aromatic heterocycles. The second kappa shape index (κ2) is 4.48. The summed E-state index contributed by atoms with van der Waals surface area (Å²) in [5.74, 6) is -2.28. The van der Waals surface area contributed by atoms with Crippen LogP contribution in [-0.2, 0) is 4.79 Å². The first kappa shape index (κ1) is 12.7. The number of hydrogen-bond acceptors (Lipinski definition) is 2. The van der Waals surface area contributed by atoms with Gasteiger partial charge in [-0.3, -0.25) is 9.69 Å². The summed E-state index contributed by atoms with van der Waals surface area (Å²) in [6.45, 7) is 0.993. The van der Waals surface area contributed by atoms with Crippen molar-refractivity contribution in [2.24, 2.45) is 11.8 Å². The largest absolute Gasteiger partial charge is 0.481 e. The first-order valence-corrected chi connectivity index (χ1v) is 5.91. The molecule has 0 unspecified atom stereocenters. The van der Waals surface area contributed by atoms with Gasteiger partial charge in [0.05, 0.1) is 11.8 Å². The predicted octanol–water partition coefficient (Wildman–Crippen LogP) is 2.12. The van der Waals surface area contributed by atoms with E-state index in [1.807, 2.05) is 4.90 Å². The second-order valence-corrected chi connectivity index (χ2v) is 5.04. The fourth-order valence-electron chi connectivity index (χ4n) is 2.74. The molecule has 6 heteroatoms. The molecular formula is C11H16F3NO2. The molecule has 3 nitrogen and oxygen atoms in total. The van der Waals surface area contributed by atoms with Gasteiger partial charge in [0, 0.05) is 19.1 Å². The van der Waals surface area contributed by atoms with Crippen LogP contribution < -0.4 is 0 Å². The van der Waals surface area contributed by atoms with Crippen molar-refractivity contribution in [1.29, 1.82) is 0 Å². The van der Waals surface area contributed by atoms with E-state index in [0.717, 1.165) is 0 Å². The zero-order chi connectivity index (χ0) is 12.6. The van der Waals surface area contributed by atoms with Gasteiger partial charge in [0.1, 0.15) is 0 Å². The number of likely N-dealkylation sites (tertiary alicyclic amines) is 1. The summed E-state index contributed by atoms with van der Waals surface area (Å²) in [5, 5.41) is 8.72. The maximum atomic E-state index is 12.4. The molecule has 1 saturated heterocycles. The van der Waals surface area contributed by atoms with E-state index < -0.39 is 18.1 Å². The number of halogens is 3. The lowest BCUT2D eigenvalue weighted by atomic mass is 9.83. The highest BCUT2D eigenvalue weighted by molar-refractivity contribution is 5.71. The van der Waals surface area contributed by atoms with Crippen LogP contribution in [0.1, 0.15) is 25.7 Å². The number of aliphatic carboxylic acids is 1. The second-order valence-electron chi connectivity index (χ2n) is 5.04. The lowest BCUT2D eigenvalue weighted by molar-refractivity contribution is -0.185. The highest BCUT2D eigenvalue weighted by Gasteiger charge is 2.44. The summed E-state index contributed by atoms with van der Waals surface area (Å²) in [5.41, 5.74) is 0. The van der Waals surface area contributed by atoms with Crippen molar-refractivity contribution < 1.29 is 23.1 Å². The van der Waals surface area contributed by atoms with Gasteiger partial charge in [-0.1, -0.05) is 0 Å². The Morgan fingerprint density at radius 3 is 2.06 bits per heavy atom. The fraction of sp³-hybridized carbons (Fsp3) is 0.909. The highest BCUT2D eigenvalue weighted by atomic mass is 19.4. The van der Waals surface area contributed by atoms with Crippen LogP contribution in [0.15, 0.2) is 0 Å². The smallest absolute Gasteiger partial charge is 0.391 e. The summed E-state index contributed by atoms with van der Waals surface area (Å²) in [6, 6.07) is 0.157. The maximum absolute atomic E-state index is 12.4. The summed E-state index contributed by atoms with van der Waals surface area (Å²) < 4.78 is 37.3. The number of alkyl halides is 3. The number of nitrogens with zero attached hydrogens (tertiary/aromatic N) is 1. The third-order valence-electron chi connectivity index (χ3n) is 3.94. The molecule has 0 amide bonds. The SMILES string of the molecule is O=C(O)C1CN(C2CCC(C(F)(F)F)CC2)C1. The molecule has 1 N–H and O–H groups in total. The Morgan fingerprint density at radius 2 is 1.65 bits per heavy atom. The van der Waals surface area contributed by atoms with E-state index in [0.29, 0.717) is 25.9 Å². The molecule has 0 bridgehead atoms. The average molecular weight is 251 g/mol. The Morgan fingerprint density at radius 1 is 1.12 bits per heavy atom. The molecule has 0 spiro atoms. The lowest BCUT2D eigenvalue weighted by Gasteiger charge is -2.45. The summed E-state index contributed by atoms with van der Waals surface area (Å²) in [4.78, 5) is 12.6. The lowest BCUT2D eigenvalue weighted by Crippen LogP contribution is -2.55. The summed E-state index contributed by atoms with van der Waals surface area (Å²) >= 11 is 0. The fourth-order valence-corrected chi connectivity index (χ4v) is 2.74.